The van der Waals surface area contributed by atoms with Crippen LogP contribution in [0.3, 0.4) is 0 Å². The van der Waals surface area contributed by atoms with E-state index in [4.69, 9.17) is 15.5 Å². The topological polar surface area (TPSA) is 127 Å². The lowest BCUT2D eigenvalue weighted by molar-refractivity contribution is -0.117. The molecule has 0 saturated heterocycles. The number of nitrogens with zero attached hydrogens (tertiary/aromatic N) is 1. The van der Waals surface area contributed by atoms with Gasteiger partial charge in [0.1, 0.15) is 0 Å². The van der Waals surface area contributed by atoms with Crippen molar-refractivity contribution in [2.75, 3.05) is 12.4 Å². The van der Waals surface area contributed by atoms with Crippen LogP contribution in [-0.4, -0.2) is 40.3 Å². The molecule has 0 radical (unpaired) electrons. The molecule has 2 aliphatic carbocycles. The second kappa shape index (κ2) is 11.3. The number of aliphatic hydroxyl groups is 1. The number of hydrogen-bond donors (Lipinski definition) is 4. The van der Waals surface area contributed by atoms with Crippen LogP contribution in [0.4, 0.5) is 10.5 Å². The van der Waals surface area contributed by atoms with Crippen molar-refractivity contribution in [2.45, 2.75) is 75.5 Å². The Morgan fingerprint density at radius 3 is 2.29 bits per heavy atom. The summed E-state index contributed by atoms with van der Waals surface area (Å²) >= 11 is 0. The second-order valence-corrected chi connectivity index (χ2v) is 12.4. The zero-order valence-electron chi connectivity index (χ0n) is 24.1. The molecule has 2 aromatic carbocycles. The Balaban J connectivity index is 1.29. The molecular weight excluding hydrogens is 516 g/mol. The molecule has 0 spiro atoms. The number of alkyl carbamates (subject to hydrolysis) is 1. The predicted octanol–water partition coefficient (Wildman–Crippen LogP) is 5.75. The minimum Gasteiger partial charge on any atom is -0.453 e. The number of rotatable bonds is 7. The summed E-state index contributed by atoms with van der Waals surface area (Å²) in [6, 6.07) is 20.1. The fraction of sp³-hybridized carbons (Fsp3) is 0.424. The minimum absolute atomic E-state index is 0.0397. The quantitative estimate of drug-likeness (QED) is 0.294. The lowest BCUT2D eigenvalue weighted by Crippen LogP contribution is -2.58. The van der Waals surface area contributed by atoms with Crippen molar-refractivity contribution in [3.8, 4) is 22.4 Å². The average Bonchev–Trinajstić information content (AvgIpc) is 2.94. The van der Waals surface area contributed by atoms with Gasteiger partial charge in [-0.05, 0) is 75.5 Å². The maximum atomic E-state index is 13.0. The number of methoxy groups -OCH3 is 1. The summed E-state index contributed by atoms with van der Waals surface area (Å²) in [4.78, 5) is 29.5. The van der Waals surface area contributed by atoms with E-state index in [1.54, 1.807) is 6.20 Å². The third-order valence-electron chi connectivity index (χ3n) is 8.65. The van der Waals surface area contributed by atoms with Gasteiger partial charge in [-0.3, -0.25) is 9.78 Å². The van der Waals surface area contributed by atoms with E-state index in [9.17, 15) is 14.7 Å². The number of nitrogens with one attached hydrogen (secondary N) is 2. The van der Waals surface area contributed by atoms with E-state index >= 15 is 0 Å². The van der Waals surface area contributed by atoms with Gasteiger partial charge in [0, 0.05) is 28.6 Å². The van der Waals surface area contributed by atoms with Gasteiger partial charge in [-0.15, -0.1) is 0 Å². The number of nitrogens with two attached hydrogens (primary N) is 1. The Hall–Kier alpha value is -3.75. The molecule has 5 N–H and O–H groups in total. The summed E-state index contributed by atoms with van der Waals surface area (Å²) < 4.78 is 4.75. The van der Waals surface area contributed by atoms with Crippen LogP contribution in [-0.2, 0) is 15.1 Å². The predicted molar refractivity (Wildman–Crippen MR) is 160 cm³/mol. The Bertz CT molecular complexity index is 1390. The van der Waals surface area contributed by atoms with E-state index in [1.165, 1.54) is 7.11 Å². The highest BCUT2D eigenvalue weighted by Crippen LogP contribution is 2.46. The minimum atomic E-state index is -0.713. The highest BCUT2D eigenvalue weighted by Gasteiger charge is 2.49. The van der Waals surface area contributed by atoms with Crippen molar-refractivity contribution in [1.82, 2.24) is 10.3 Å². The molecule has 2 amide bonds. The summed E-state index contributed by atoms with van der Waals surface area (Å²) in [5, 5.41) is 16.2. The summed E-state index contributed by atoms with van der Waals surface area (Å²) in [7, 11) is 1.37. The molecule has 0 bridgehead atoms. The lowest BCUT2D eigenvalue weighted by atomic mass is 9.63. The van der Waals surface area contributed by atoms with Crippen LogP contribution in [0.15, 0.2) is 66.9 Å². The Kier molecular flexibility index (Phi) is 7.90. The van der Waals surface area contributed by atoms with Crippen molar-refractivity contribution in [2.24, 2.45) is 11.7 Å². The summed E-state index contributed by atoms with van der Waals surface area (Å²) in [6.07, 6.45) is 6.11. The van der Waals surface area contributed by atoms with Gasteiger partial charge in [-0.2, -0.15) is 0 Å². The summed E-state index contributed by atoms with van der Waals surface area (Å²) in [6.45, 7) is 3.84. The number of carbonyl (C=O) groups excluding carboxylic acids is 2. The van der Waals surface area contributed by atoms with Crippen LogP contribution in [0.2, 0.25) is 0 Å². The number of aromatic nitrogens is 1. The molecule has 1 heterocycles. The monoisotopic (exact) mass is 556 g/mol. The van der Waals surface area contributed by atoms with Crippen molar-refractivity contribution < 1.29 is 19.4 Å². The second-order valence-electron chi connectivity index (χ2n) is 12.4. The highest BCUT2D eigenvalue weighted by molar-refractivity contribution is 5.93. The fourth-order valence-corrected chi connectivity index (χ4v) is 6.49. The molecule has 8 heteroatoms. The molecule has 8 nitrogen and oxygen atoms in total. The van der Waals surface area contributed by atoms with E-state index in [0.717, 1.165) is 53.6 Å². The first kappa shape index (κ1) is 28.8. The Labute approximate surface area is 241 Å². The van der Waals surface area contributed by atoms with E-state index in [0.29, 0.717) is 24.9 Å². The number of pyridine rings is 1. The number of benzene rings is 2. The molecular formula is C33H40N4O4. The fourth-order valence-electron chi connectivity index (χ4n) is 6.49. The number of amides is 2. The number of hydrogen-bond acceptors (Lipinski definition) is 6. The van der Waals surface area contributed by atoms with Crippen LogP contribution in [0.5, 0.6) is 0 Å². The van der Waals surface area contributed by atoms with Gasteiger partial charge in [-0.25, -0.2) is 4.79 Å². The molecule has 0 unspecified atom stereocenters. The summed E-state index contributed by atoms with van der Waals surface area (Å²) in [5.74, 6) is 0.217. The first-order valence-electron chi connectivity index (χ1n) is 14.3. The molecule has 0 atom stereocenters. The molecule has 216 valence electrons. The summed E-state index contributed by atoms with van der Waals surface area (Å²) in [5.41, 5.74) is 10.4. The molecule has 1 aromatic heterocycles. The first-order valence-corrected chi connectivity index (χ1v) is 14.3. The van der Waals surface area contributed by atoms with Gasteiger partial charge >= 0.3 is 6.09 Å². The molecule has 2 saturated carbocycles. The third kappa shape index (κ3) is 6.60. The first-order chi connectivity index (χ1) is 19.5. The van der Waals surface area contributed by atoms with Gasteiger partial charge in [-0.1, -0.05) is 54.6 Å². The van der Waals surface area contributed by atoms with Gasteiger partial charge in [0.05, 0.1) is 30.3 Å². The van der Waals surface area contributed by atoms with E-state index in [1.807, 2.05) is 74.5 Å². The van der Waals surface area contributed by atoms with Gasteiger partial charge in [0.25, 0.3) is 0 Å². The van der Waals surface area contributed by atoms with E-state index in [-0.39, 0.29) is 17.4 Å². The molecule has 0 aliphatic heterocycles. The molecule has 3 aromatic rings. The van der Waals surface area contributed by atoms with Crippen LogP contribution in [0.25, 0.3) is 22.4 Å². The van der Waals surface area contributed by atoms with Crippen molar-refractivity contribution >= 4 is 17.7 Å². The number of anilines is 1. The zero-order valence-corrected chi connectivity index (χ0v) is 24.1. The van der Waals surface area contributed by atoms with Gasteiger partial charge in [0.2, 0.25) is 5.91 Å². The average molecular weight is 557 g/mol. The van der Waals surface area contributed by atoms with Gasteiger partial charge in [0.15, 0.2) is 0 Å². The molecule has 5 rings (SSSR count). The third-order valence-corrected chi connectivity index (χ3v) is 8.65. The normalized spacial score (nSPS) is 27.4. The van der Waals surface area contributed by atoms with Crippen molar-refractivity contribution in [3.63, 3.8) is 0 Å². The standard InChI is InChI=1S/C33H40N4O4/c1-31(37-30(39)41-3)15-13-22(14-16-31)17-28(38)36-26-18-27(23-7-5-4-6-8-23)29(35-19-26)24-9-11-25(12-10-24)33(34)20-32(2,40)21-33/h4-12,18-19,22,40H,13-17,20-21,34H2,1-3H3,(H,36,38)(H,37,39). The highest BCUT2D eigenvalue weighted by atomic mass is 16.5. The van der Waals surface area contributed by atoms with Crippen LogP contribution in [0, 0.1) is 5.92 Å². The lowest BCUT2D eigenvalue weighted by Gasteiger charge is -2.49. The zero-order chi connectivity index (χ0) is 29.3. The van der Waals surface area contributed by atoms with E-state index in [2.05, 4.69) is 10.6 Å². The smallest absolute Gasteiger partial charge is 0.407 e. The Morgan fingerprint density at radius 2 is 1.68 bits per heavy atom. The molecule has 2 aliphatic rings. The SMILES string of the molecule is COC(=O)NC1(C)CCC(CC(=O)Nc2cnc(-c3ccc(C4(N)CC(C)(O)C4)cc3)c(-c3ccccc3)c2)CC1. The van der Waals surface area contributed by atoms with Crippen LogP contribution >= 0.6 is 0 Å². The molecule has 2 fully saturated rings. The maximum absolute atomic E-state index is 13.0. The van der Waals surface area contributed by atoms with Crippen molar-refractivity contribution in [1.29, 1.82) is 0 Å². The molecule has 41 heavy (non-hydrogen) atoms. The largest absolute Gasteiger partial charge is 0.453 e. The Morgan fingerprint density at radius 1 is 1.02 bits per heavy atom. The van der Waals surface area contributed by atoms with Gasteiger partial charge < -0.3 is 26.2 Å². The van der Waals surface area contributed by atoms with Crippen molar-refractivity contribution in [3.05, 3.63) is 72.4 Å². The van der Waals surface area contributed by atoms with Crippen LogP contribution < -0.4 is 16.4 Å². The van der Waals surface area contributed by atoms with Crippen LogP contribution in [0.1, 0.15) is 64.4 Å². The maximum Gasteiger partial charge on any atom is 0.407 e. The number of ether oxygens (including phenoxy) is 1. The van der Waals surface area contributed by atoms with E-state index < -0.39 is 17.2 Å². The number of carbonyl (C=O) groups is 2.